The molecule has 0 aliphatic heterocycles. The highest BCUT2D eigenvalue weighted by Gasteiger charge is 2.32. The number of nitrogens with two attached hydrogens (primary N) is 1. The number of rotatable bonds is 6. The fourth-order valence-corrected chi connectivity index (χ4v) is 3.95. The Morgan fingerprint density at radius 3 is 2.60 bits per heavy atom. The summed E-state index contributed by atoms with van der Waals surface area (Å²) in [7, 11) is 0. The predicted molar refractivity (Wildman–Crippen MR) is 84.7 cm³/mol. The van der Waals surface area contributed by atoms with Crippen molar-refractivity contribution in [3.8, 4) is 0 Å². The highest BCUT2D eigenvalue weighted by molar-refractivity contribution is 7.11. The van der Waals surface area contributed by atoms with E-state index in [1.165, 1.54) is 29.0 Å². The molecule has 0 bridgehead atoms. The van der Waals surface area contributed by atoms with Crippen LogP contribution in [-0.2, 0) is 17.8 Å². The van der Waals surface area contributed by atoms with E-state index in [1.807, 2.05) is 0 Å². The summed E-state index contributed by atoms with van der Waals surface area (Å²) in [4.78, 5) is 14.8. The van der Waals surface area contributed by atoms with Crippen molar-refractivity contribution in [2.24, 2.45) is 11.1 Å². The molecule has 1 aromatic heterocycles. The molecule has 0 saturated heterocycles. The maximum Gasteiger partial charge on any atom is 0.220 e. The van der Waals surface area contributed by atoms with Crippen LogP contribution in [0.3, 0.4) is 0 Å². The highest BCUT2D eigenvalue weighted by atomic mass is 32.1. The fourth-order valence-electron chi connectivity index (χ4n) is 3.05. The quantitative estimate of drug-likeness (QED) is 0.846. The molecule has 1 heterocycles. The molecule has 0 spiro atoms. The maximum absolute atomic E-state index is 12.2. The first kappa shape index (κ1) is 15.5. The normalized spacial score (nSPS) is 17.9. The van der Waals surface area contributed by atoms with Crippen molar-refractivity contribution < 1.29 is 4.79 Å². The second kappa shape index (κ2) is 7.23. The van der Waals surface area contributed by atoms with Gasteiger partial charge in [-0.15, -0.1) is 11.3 Å². The molecule has 0 radical (unpaired) electrons. The summed E-state index contributed by atoms with van der Waals surface area (Å²) in [5, 5.41) is 3.06. The Kier molecular flexibility index (Phi) is 5.61. The van der Waals surface area contributed by atoms with Gasteiger partial charge in [-0.3, -0.25) is 4.79 Å². The van der Waals surface area contributed by atoms with Crippen molar-refractivity contribution in [1.82, 2.24) is 5.32 Å². The molecular weight excluding hydrogens is 268 g/mol. The van der Waals surface area contributed by atoms with Crippen molar-refractivity contribution in [1.29, 1.82) is 0 Å². The molecule has 20 heavy (non-hydrogen) atoms. The smallest absolute Gasteiger partial charge is 0.220 e. The van der Waals surface area contributed by atoms with Gasteiger partial charge in [-0.1, -0.05) is 26.2 Å². The van der Waals surface area contributed by atoms with Crippen LogP contribution in [0.2, 0.25) is 0 Å². The number of carbonyl (C=O) groups is 1. The number of thiophene rings is 1. The van der Waals surface area contributed by atoms with E-state index in [0.29, 0.717) is 19.5 Å². The molecular formula is C16H26N2OS. The van der Waals surface area contributed by atoms with Crippen LogP contribution in [-0.4, -0.2) is 12.5 Å². The average Bonchev–Trinajstić information content (AvgIpc) is 2.94. The number of amides is 1. The minimum Gasteiger partial charge on any atom is -0.351 e. The molecule has 0 unspecified atom stereocenters. The number of nitrogens with one attached hydrogen (secondary N) is 1. The van der Waals surface area contributed by atoms with Crippen molar-refractivity contribution in [2.45, 2.75) is 58.4 Å². The Bertz CT molecular complexity index is 435. The SMILES string of the molecule is CCc1ccc(CNC(=O)CC2(CN)CCCCC2)s1. The van der Waals surface area contributed by atoms with Crippen LogP contribution in [0.5, 0.6) is 0 Å². The van der Waals surface area contributed by atoms with Crippen LogP contribution in [0.15, 0.2) is 12.1 Å². The van der Waals surface area contributed by atoms with E-state index >= 15 is 0 Å². The summed E-state index contributed by atoms with van der Waals surface area (Å²) in [6.07, 6.45) is 7.60. The van der Waals surface area contributed by atoms with E-state index in [9.17, 15) is 4.79 Å². The number of aryl methyl sites for hydroxylation is 1. The maximum atomic E-state index is 12.2. The summed E-state index contributed by atoms with van der Waals surface area (Å²) >= 11 is 1.79. The van der Waals surface area contributed by atoms with E-state index in [1.54, 1.807) is 11.3 Å². The zero-order valence-corrected chi connectivity index (χ0v) is 13.2. The Morgan fingerprint density at radius 1 is 1.30 bits per heavy atom. The first-order valence-electron chi connectivity index (χ1n) is 7.72. The molecule has 1 aliphatic rings. The molecule has 112 valence electrons. The van der Waals surface area contributed by atoms with Gasteiger partial charge in [0.2, 0.25) is 5.91 Å². The largest absolute Gasteiger partial charge is 0.351 e. The average molecular weight is 294 g/mol. The van der Waals surface area contributed by atoms with Crippen molar-refractivity contribution >= 4 is 17.2 Å². The first-order valence-corrected chi connectivity index (χ1v) is 8.53. The van der Waals surface area contributed by atoms with Gasteiger partial charge in [-0.2, -0.15) is 0 Å². The molecule has 1 saturated carbocycles. The lowest BCUT2D eigenvalue weighted by Crippen LogP contribution is -2.38. The van der Waals surface area contributed by atoms with E-state index in [-0.39, 0.29) is 11.3 Å². The van der Waals surface area contributed by atoms with Gasteiger partial charge in [0.05, 0.1) is 6.54 Å². The third-order valence-electron chi connectivity index (χ3n) is 4.41. The highest BCUT2D eigenvalue weighted by Crippen LogP contribution is 2.38. The van der Waals surface area contributed by atoms with Crippen molar-refractivity contribution in [2.75, 3.05) is 6.54 Å². The van der Waals surface area contributed by atoms with Gasteiger partial charge in [0.15, 0.2) is 0 Å². The molecule has 1 fully saturated rings. The first-order chi connectivity index (χ1) is 9.67. The summed E-state index contributed by atoms with van der Waals surface area (Å²) in [6.45, 7) is 3.45. The molecule has 3 N–H and O–H groups in total. The molecule has 0 atom stereocenters. The molecule has 1 amide bonds. The van der Waals surface area contributed by atoms with Crippen LogP contribution in [0, 0.1) is 5.41 Å². The summed E-state index contributed by atoms with van der Waals surface area (Å²) in [5.74, 6) is 0.156. The van der Waals surface area contributed by atoms with Crippen LogP contribution in [0.25, 0.3) is 0 Å². The van der Waals surface area contributed by atoms with Crippen LogP contribution in [0.1, 0.15) is 55.2 Å². The molecule has 2 rings (SSSR count). The van der Waals surface area contributed by atoms with Gasteiger partial charge in [-0.05, 0) is 43.4 Å². The molecule has 1 aliphatic carbocycles. The molecule has 1 aromatic rings. The number of carbonyl (C=O) groups excluding carboxylic acids is 1. The lowest BCUT2D eigenvalue weighted by Gasteiger charge is -2.35. The van der Waals surface area contributed by atoms with Gasteiger partial charge in [-0.25, -0.2) is 0 Å². The Morgan fingerprint density at radius 2 is 2.00 bits per heavy atom. The summed E-state index contributed by atoms with van der Waals surface area (Å²) in [5.41, 5.74) is 6.00. The van der Waals surface area contributed by atoms with Gasteiger partial charge < -0.3 is 11.1 Å². The number of hydrogen-bond acceptors (Lipinski definition) is 3. The second-order valence-electron chi connectivity index (χ2n) is 5.94. The van der Waals surface area contributed by atoms with Gasteiger partial charge in [0.25, 0.3) is 0 Å². The Balaban J connectivity index is 1.82. The fraction of sp³-hybridized carbons (Fsp3) is 0.688. The third-order valence-corrected chi connectivity index (χ3v) is 5.64. The third kappa shape index (κ3) is 4.06. The minimum atomic E-state index is 0.0619. The Labute approximate surface area is 125 Å². The van der Waals surface area contributed by atoms with E-state index in [4.69, 9.17) is 5.73 Å². The second-order valence-corrected chi connectivity index (χ2v) is 7.19. The lowest BCUT2D eigenvalue weighted by atomic mass is 9.71. The predicted octanol–water partition coefficient (Wildman–Crippen LogP) is 3.23. The van der Waals surface area contributed by atoms with Gasteiger partial charge in [0.1, 0.15) is 0 Å². The van der Waals surface area contributed by atoms with Crippen molar-refractivity contribution in [3.05, 3.63) is 21.9 Å². The summed E-state index contributed by atoms with van der Waals surface area (Å²) < 4.78 is 0. The van der Waals surface area contributed by atoms with Crippen LogP contribution >= 0.6 is 11.3 Å². The number of hydrogen-bond donors (Lipinski definition) is 2. The monoisotopic (exact) mass is 294 g/mol. The van der Waals surface area contributed by atoms with Crippen LogP contribution < -0.4 is 11.1 Å². The van der Waals surface area contributed by atoms with E-state index in [2.05, 4.69) is 24.4 Å². The molecule has 0 aromatic carbocycles. The topological polar surface area (TPSA) is 55.1 Å². The van der Waals surface area contributed by atoms with E-state index < -0.39 is 0 Å². The summed E-state index contributed by atoms with van der Waals surface area (Å²) in [6, 6.07) is 4.26. The van der Waals surface area contributed by atoms with E-state index in [0.717, 1.165) is 19.3 Å². The van der Waals surface area contributed by atoms with Crippen molar-refractivity contribution in [3.63, 3.8) is 0 Å². The van der Waals surface area contributed by atoms with Gasteiger partial charge >= 0.3 is 0 Å². The minimum absolute atomic E-state index is 0.0619. The standard InChI is InChI=1S/C16H26N2OS/c1-2-13-6-7-14(20-13)11-18-15(19)10-16(12-17)8-4-3-5-9-16/h6-7H,2-5,8-12,17H2,1H3,(H,18,19). The Hall–Kier alpha value is -0.870. The molecule has 4 heteroatoms. The zero-order chi connectivity index (χ0) is 14.4. The lowest BCUT2D eigenvalue weighted by molar-refractivity contribution is -0.124. The zero-order valence-electron chi connectivity index (χ0n) is 12.4. The molecule has 3 nitrogen and oxygen atoms in total. The van der Waals surface area contributed by atoms with Gasteiger partial charge in [0, 0.05) is 16.2 Å². The van der Waals surface area contributed by atoms with Crippen LogP contribution in [0.4, 0.5) is 0 Å².